The molecule has 1 heterocycles. The van der Waals surface area contributed by atoms with Crippen molar-refractivity contribution in [3.8, 4) is 5.75 Å². The van der Waals surface area contributed by atoms with Crippen molar-refractivity contribution in [2.45, 2.75) is 84.3 Å². The number of carbonyl (C=O) groups excluding carboxylic acids is 1. The average Bonchev–Trinajstić information content (AvgIpc) is 2.62. The predicted molar refractivity (Wildman–Crippen MR) is 118 cm³/mol. The summed E-state index contributed by atoms with van der Waals surface area (Å²) in [7, 11) is -2.52. The summed E-state index contributed by atoms with van der Waals surface area (Å²) < 4.78 is 40.5. The molecule has 0 saturated carbocycles. The van der Waals surface area contributed by atoms with Gasteiger partial charge in [0.25, 0.3) is 0 Å². The molecule has 0 aromatic heterocycles. The first-order chi connectivity index (χ1) is 13.8. The lowest BCUT2D eigenvalue weighted by Crippen LogP contribution is -2.37. The van der Waals surface area contributed by atoms with Crippen molar-refractivity contribution in [3.05, 3.63) is 34.4 Å². The second-order valence-electron chi connectivity index (χ2n) is 9.11. The van der Waals surface area contributed by atoms with E-state index >= 15 is 0 Å². The Balaban J connectivity index is 2.49. The monoisotopic (exact) mass is 437 g/mol. The van der Waals surface area contributed by atoms with Crippen LogP contribution >= 0.6 is 0 Å². The van der Waals surface area contributed by atoms with Crippen LogP contribution in [-0.4, -0.2) is 33.1 Å². The molecule has 30 heavy (non-hydrogen) atoms. The minimum Gasteiger partial charge on any atom is -0.487 e. The Hall–Kier alpha value is -1.86. The molecular formula is C23H35NO5S. The molecule has 1 N–H and O–H groups in total. The highest BCUT2D eigenvalue weighted by Crippen LogP contribution is 2.42. The molecule has 0 aliphatic carbocycles. The third-order valence-electron chi connectivity index (χ3n) is 5.63. The number of rotatable bonds is 7. The Morgan fingerprint density at radius 2 is 1.83 bits per heavy atom. The first-order valence-corrected chi connectivity index (χ1v) is 11.9. The van der Waals surface area contributed by atoms with Crippen LogP contribution in [0, 0.1) is 26.7 Å². The highest BCUT2D eigenvalue weighted by atomic mass is 32.2. The Morgan fingerprint density at radius 3 is 2.40 bits per heavy atom. The maximum Gasteiger partial charge on any atom is 0.330 e. The topological polar surface area (TPSA) is 81.7 Å². The molecule has 168 valence electrons. The maximum absolute atomic E-state index is 13.4. The van der Waals surface area contributed by atoms with Crippen LogP contribution in [0.5, 0.6) is 5.75 Å². The summed E-state index contributed by atoms with van der Waals surface area (Å²) in [5, 5.41) is 0. The lowest BCUT2D eigenvalue weighted by Gasteiger charge is -2.35. The molecule has 0 unspecified atom stereocenters. The molecule has 7 heteroatoms. The van der Waals surface area contributed by atoms with Crippen molar-refractivity contribution in [1.82, 2.24) is 4.72 Å². The van der Waals surface area contributed by atoms with E-state index in [4.69, 9.17) is 4.74 Å². The standard InChI is InChI=1S/C23H35NO5S/c1-14(2)13-18(9-10-20(25)28-8)24-30(26,27)22-16(4)15(3)21-19(17(22)5)11-12-23(6,7)29-21/h9-10,14,18,24H,11-13H2,1-8H3/b10-9+/t18-/m1/s1. The van der Waals surface area contributed by atoms with Crippen LogP contribution in [0.3, 0.4) is 0 Å². The van der Waals surface area contributed by atoms with Gasteiger partial charge in [-0.2, -0.15) is 0 Å². The van der Waals surface area contributed by atoms with E-state index in [1.807, 2.05) is 34.6 Å². The summed E-state index contributed by atoms with van der Waals surface area (Å²) in [5.41, 5.74) is 2.97. The molecule has 2 rings (SSSR count). The van der Waals surface area contributed by atoms with Crippen molar-refractivity contribution in [2.24, 2.45) is 5.92 Å². The summed E-state index contributed by atoms with van der Waals surface area (Å²) in [6, 6.07) is -0.514. The number of fused-ring (bicyclic) bond motifs is 1. The summed E-state index contributed by atoms with van der Waals surface area (Å²) >= 11 is 0. The average molecular weight is 438 g/mol. The second kappa shape index (κ2) is 9.10. The first kappa shape index (κ1) is 24.4. The van der Waals surface area contributed by atoms with Crippen LogP contribution in [0.25, 0.3) is 0 Å². The number of methoxy groups -OCH3 is 1. The first-order valence-electron chi connectivity index (χ1n) is 10.4. The zero-order chi connectivity index (χ0) is 22.9. The van der Waals surface area contributed by atoms with Gasteiger partial charge in [0.15, 0.2) is 0 Å². The summed E-state index contributed by atoms with van der Waals surface area (Å²) in [4.78, 5) is 11.8. The fourth-order valence-electron chi connectivity index (χ4n) is 3.95. The van der Waals surface area contributed by atoms with Gasteiger partial charge >= 0.3 is 5.97 Å². The molecule has 1 aliphatic heterocycles. The van der Waals surface area contributed by atoms with E-state index in [9.17, 15) is 13.2 Å². The molecule has 1 aliphatic rings. The van der Waals surface area contributed by atoms with Gasteiger partial charge in [0.05, 0.1) is 12.0 Å². The maximum atomic E-state index is 13.4. The zero-order valence-electron chi connectivity index (χ0n) is 19.4. The number of sulfonamides is 1. The molecule has 0 amide bonds. The van der Waals surface area contributed by atoms with Gasteiger partial charge in [0.2, 0.25) is 10.0 Å². The minimum absolute atomic E-state index is 0.239. The highest BCUT2D eigenvalue weighted by Gasteiger charge is 2.34. The molecule has 0 fully saturated rings. The summed E-state index contributed by atoms with van der Waals surface area (Å²) in [5.74, 6) is 0.535. The summed E-state index contributed by atoms with van der Waals surface area (Å²) in [6.07, 6.45) is 4.99. The molecule has 0 radical (unpaired) electrons. The van der Waals surface area contributed by atoms with Gasteiger partial charge in [-0.3, -0.25) is 0 Å². The van der Waals surface area contributed by atoms with Gasteiger partial charge in [0.1, 0.15) is 11.4 Å². The molecule has 0 saturated heterocycles. The van der Waals surface area contributed by atoms with Crippen LogP contribution in [-0.2, 0) is 26.0 Å². The van der Waals surface area contributed by atoms with Gasteiger partial charge < -0.3 is 9.47 Å². The molecular weight excluding hydrogens is 402 g/mol. The van der Waals surface area contributed by atoms with Gasteiger partial charge in [-0.15, -0.1) is 0 Å². The van der Waals surface area contributed by atoms with E-state index in [-0.39, 0.29) is 11.5 Å². The molecule has 1 aromatic rings. The van der Waals surface area contributed by atoms with E-state index in [2.05, 4.69) is 23.3 Å². The third kappa shape index (κ3) is 5.43. The second-order valence-corrected chi connectivity index (χ2v) is 10.8. The zero-order valence-corrected chi connectivity index (χ0v) is 20.2. The Kier molecular flexibility index (Phi) is 7.41. The summed E-state index contributed by atoms with van der Waals surface area (Å²) in [6.45, 7) is 13.7. The number of nitrogens with one attached hydrogen (secondary N) is 1. The number of ether oxygens (including phenoxy) is 2. The predicted octanol–water partition coefficient (Wildman–Crippen LogP) is 4.14. The largest absolute Gasteiger partial charge is 0.487 e. The van der Waals surface area contributed by atoms with Crippen molar-refractivity contribution in [1.29, 1.82) is 0 Å². The number of benzene rings is 1. The molecule has 6 nitrogen and oxygen atoms in total. The van der Waals surface area contributed by atoms with Crippen LogP contribution in [0.2, 0.25) is 0 Å². The van der Waals surface area contributed by atoms with Gasteiger partial charge in [-0.05, 0) is 82.1 Å². The Labute approximate surface area is 181 Å². The highest BCUT2D eigenvalue weighted by molar-refractivity contribution is 7.89. The molecule has 1 atom stereocenters. The Morgan fingerprint density at radius 1 is 1.20 bits per heavy atom. The van der Waals surface area contributed by atoms with Gasteiger partial charge in [-0.25, -0.2) is 17.9 Å². The number of esters is 1. The lowest BCUT2D eigenvalue weighted by atomic mass is 9.88. The van der Waals surface area contributed by atoms with Crippen molar-refractivity contribution >= 4 is 16.0 Å². The Bertz CT molecular complexity index is 945. The van der Waals surface area contributed by atoms with Crippen LogP contribution in [0.1, 0.15) is 62.8 Å². The van der Waals surface area contributed by atoms with Gasteiger partial charge in [0, 0.05) is 12.1 Å². The van der Waals surface area contributed by atoms with Gasteiger partial charge in [-0.1, -0.05) is 19.9 Å². The van der Waals surface area contributed by atoms with Crippen LogP contribution < -0.4 is 9.46 Å². The van der Waals surface area contributed by atoms with Crippen molar-refractivity contribution < 1.29 is 22.7 Å². The minimum atomic E-state index is -3.81. The fraction of sp³-hybridized carbons (Fsp3) is 0.609. The number of carbonyl (C=O) groups is 1. The van der Waals surface area contributed by atoms with E-state index in [0.717, 1.165) is 35.3 Å². The van der Waals surface area contributed by atoms with E-state index in [0.29, 0.717) is 16.9 Å². The van der Waals surface area contributed by atoms with Crippen LogP contribution in [0.15, 0.2) is 17.0 Å². The number of hydrogen-bond donors (Lipinski definition) is 1. The smallest absolute Gasteiger partial charge is 0.330 e. The normalized spacial score (nSPS) is 17.0. The van der Waals surface area contributed by atoms with Crippen LogP contribution in [0.4, 0.5) is 0 Å². The third-order valence-corrected chi connectivity index (χ3v) is 7.40. The van der Waals surface area contributed by atoms with E-state index < -0.39 is 22.0 Å². The van der Waals surface area contributed by atoms with Crippen molar-refractivity contribution in [2.75, 3.05) is 7.11 Å². The fourth-order valence-corrected chi connectivity index (χ4v) is 5.72. The van der Waals surface area contributed by atoms with Crippen molar-refractivity contribution in [3.63, 3.8) is 0 Å². The quantitative estimate of drug-likeness (QED) is 0.512. The van der Waals surface area contributed by atoms with E-state index in [1.165, 1.54) is 13.2 Å². The molecule has 1 aromatic carbocycles. The van der Waals surface area contributed by atoms with E-state index in [1.54, 1.807) is 6.08 Å². The number of hydrogen-bond acceptors (Lipinski definition) is 5. The molecule has 0 bridgehead atoms. The lowest BCUT2D eigenvalue weighted by molar-refractivity contribution is -0.134. The SMILES string of the molecule is COC(=O)/C=C/[C@H](CC(C)C)NS(=O)(=O)c1c(C)c(C)c2c(c1C)CCC(C)(C)O2. The molecule has 0 spiro atoms.